The first-order chi connectivity index (χ1) is 20.3. The van der Waals surface area contributed by atoms with Gasteiger partial charge in [-0.05, 0) is 38.2 Å². The standard InChI is InChI=1S/C16H27N3O3.C13H18F2N4O2/c1-5-14(20)17-8-10-18(11-9-17)15(21)19-7-6-16(12-19,22-4)13(2)3;1-9-12(21-9)6-19(7-13(12,14)15)11(20)18-4-2-10(3-5-18)17-8-16/h5,13H,1,6-12H2,2-4H3;9-10,17H,2-7H2,1H3. The highest BCUT2D eigenvalue weighted by Gasteiger charge is 2.75. The smallest absolute Gasteiger partial charge is 0.320 e. The second-order valence-electron chi connectivity index (χ2n) is 12.4. The molecule has 0 aliphatic carbocycles. The fourth-order valence-corrected chi connectivity index (χ4v) is 6.59. The van der Waals surface area contributed by atoms with Crippen LogP contribution in [0.25, 0.3) is 0 Å². The number of rotatable bonds is 4. The maximum atomic E-state index is 14.0. The zero-order valence-corrected chi connectivity index (χ0v) is 25.7. The fraction of sp³-hybridized carbons (Fsp3) is 0.793. The van der Waals surface area contributed by atoms with E-state index in [2.05, 4.69) is 25.7 Å². The quantitative estimate of drug-likeness (QED) is 0.224. The summed E-state index contributed by atoms with van der Waals surface area (Å²) in [6, 6.07) is -0.230. The normalized spacial score (nSPS) is 30.2. The number of amides is 5. The van der Waals surface area contributed by atoms with Crippen LogP contribution in [0.3, 0.4) is 0 Å². The van der Waals surface area contributed by atoms with Gasteiger partial charge in [-0.2, -0.15) is 5.26 Å². The molecule has 0 aromatic heterocycles. The summed E-state index contributed by atoms with van der Waals surface area (Å²) in [6.45, 7) is 13.4. The number of halogens is 2. The number of ether oxygens (including phenoxy) is 2. The van der Waals surface area contributed by atoms with Crippen molar-refractivity contribution in [3.63, 3.8) is 0 Å². The highest BCUT2D eigenvalue weighted by Crippen LogP contribution is 2.53. The van der Waals surface area contributed by atoms with E-state index in [0.29, 0.717) is 64.6 Å². The van der Waals surface area contributed by atoms with Gasteiger partial charge in [0.25, 0.3) is 5.92 Å². The highest BCUT2D eigenvalue weighted by molar-refractivity contribution is 5.87. The first kappa shape index (κ1) is 32.7. The summed E-state index contributed by atoms with van der Waals surface area (Å²) < 4.78 is 38.8. The topological polar surface area (TPSA) is 125 Å². The molecule has 0 aromatic carbocycles. The Kier molecular flexibility index (Phi) is 9.76. The lowest BCUT2D eigenvalue weighted by molar-refractivity contribution is -0.127. The van der Waals surface area contributed by atoms with E-state index >= 15 is 0 Å². The number of alkyl halides is 2. The van der Waals surface area contributed by atoms with Crippen LogP contribution in [-0.4, -0.2) is 144 Å². The Balaban J connectivity index is 0.000000197. The second-order valence-corrected chi connectivity index (χ2v) is 12.4. The van der Waals surface area contributed by atoms with Gasteiger partial charge in [0.1, 0.15) is 0 Å². The average molecular weight is 610 g/mol. The van der Waals surface area contributed by atoms with Crippen molar-refractivity contribution in [3.8, 4) is 6.19 Å². The predicted octanol–water partition coefficient (Wildman–Crippen LogP) is 1.93. The number of nitrogens with zero attached hydrogens (tertiary/aromatic N) is 6. The van der Waals surface area contributed by atoms with Crippen LogP contribution in [0.4, 0.5) is 18.4 Å². The Bertz CT molecular complexity index is 1100. The van der Waals surface area contributed by atoms with Gasteiger partial charge in [0, 0.05) is 59.0 Å². The molecule has 5 rings (SSSR count). The first-order valence-electron chi connectivity index (χ1n) is 15.1. The maximum Gasteiger partial charge on any atom is 0.320 e. The SMILES string of the molecule is C=CC(=O)N1CCN(C(=O)N2CCC(OC)(C(C)C)C2)CC1.CC1OC12CN(C(=O)N1CCC(NC#N)CC1)CC2(F)F. The molecule has 0 bridgehead atoms. The van der Waals surface area contributed by atoms with Crippen molar-refractivity contribution in [2.45, 2.75) is 69.3 Å². The van der Waals surface area contributed by atoms with Crippen LogP contribution in [0.1, 0.15) is 40.0 Å². The molecule has 5 aliphatic rings. The summed E-state index contributed by atoms with van der Waals surface area (Å²) in [7, 11) is 1.73. The van der Waals surface area contributed by atoms with E-state index < -0.39 is 24.2 Å². The first-order valence-corrected chi connectivity index (χ1v) is 15.1. The van der Waals surface area contributed by atoms with Gasteiger partial charge in [0.15, 0.2) is 11.8 Å². The molecule has 5 heterocycles. The predicted molar refractivity (Wildman–Crippen MR) is 153 cm³/mol. The van der Waals surface area contributed by atoms with Crippen molar-refractivity contribution in [2.75, 3.05) is 72.6 Å². The highest BCUT2D eigenvalue weighted by atomic mass is 19.3. The minimum Gasteiger partial charge on any atom is -0.376 e. The molecular weight excluding hydrogens is 564 g/mol. The van der Waals surface area contributed by atoms with Crippen LogP contribution < -0.4 is 5.32 Å². The van der Waals surface area contributed by atoms with E-state index in [1.54, 1.807) is 23.8 Å². The van der Waals surface area contributed by atoms with Gasteiger partial charge in [-0.15, -0.1) is 0 Å². The third-order valence-corrected chi connectivity index (χ3v) is 9.75. The van der Waals surface area contributed by atoms with Crippen LogP contribution in [0.5, 0.6) is 0 Å². The number of epoxide rings is 1. The Morgan fingerprint density at radius 1 is 0.953 bits per heavy atom. The van der Waals surface area contributed by atoms with Gasteiger partial charge in [0.2, 0.25) is 5.91 Å². The Labute approximate surface area is 252 Å². The lowest BCUT2D eigenvalue weighted by Gasteiger charge is -2.37. The van der Waals surface area contributed by atoms with Crippen LogP contribution >= 0.6 is 0 Å². The molecule has 5 amide bonds. The van der Waals surface area contributed by atoms with E-state index in [9.17, 15) is 23.2 Å². The Morgan fingerprint density at radius 3 is 1.98 bits per heavy atom. The van der Waals surface area contributed by atoms with Crippen LogP contribution in [-0.2, 0) is 14.3 Å². The molecule has 5 saturated heterocycles. The van der Waals surface area contributed by atoms with E-state index in [-0.39, 0.29) is 36.2 Å². The molecule has 5 aliphatic heterocycles. The molecule has 0 radical (unpaired) electrons. The van der Waals surface area contributed by atoms with Crippen LogP contribution in [0, 0.1) is 17.4 Å². The zero-order valence-electron chi connectivity index (χ0n) is 25.7. The maximum absolute atomic E-state index is 14.0. The third-order valence-electron chi connectivity index (χ3n) is 9.75. The summed E-state index contributed by atoms with van der Waals surface area (Å²) in [5, 5.41) is 11.2. The van der Waals surface area contributed by atoms with Crippen molar-refractivity contribution in [1.29, 1.82) is 5.26 Å². The summed E-state index contributed by atoms with van der Waals surface area (Å²) >= 11 is 0. The Hall–Kier alpha value is -3.18. The Morgan fingerprint density at radius 2 is 1.51 bits per heavy atom. The zero-order chi connectivity index (χ0) is 31.6. The number of piperidine rings is 1. The molecule has 5 fully saturated rings. The molecule has 3 atom stereocenters. The molecule has 0 aromatic rings. The number of piperazine rings is 1. The molecule has 240 valence electrons. The second kappa shape index (κ2) is 12.8. The van der Waals surface area contributed by atoms with Crippen molar-refractivity contribution < 1.29 is 32.6 Å². The van der Waals surface area contributed by atoms with Crippen LogP contribution in [0.15, 0.2) is 12.7 Å². The van der Waals surface area contributed by atoms with Gasteiger partial charge in [-0.25, -0.2) is 18.4 Å². The van der Waals surface area contributed by atoms with Crippen molar-refractivity contribution in [2.24, 2.45) is 5.92 Å². The van der Waals surface area contributed by atoms with E-state index in [1.807, 2.05) is 16.0 Å². The number of nitrogens with one attached hydrogen (secondary N) is 1. The van der Waals surface area contributed by atoms with Crippen molar-refractivity contribution in [1.82, 2.24) is 29.8 Å². The fourth-order valence-electron chi connectivity index (χ4n) is 6.59. The molecular formula is C29H45F2N7O5. The molecule has 43 heavy (non-hydrogen) atoms. The van der Waals surface area contributed by atoms with Gasteiger partial charge >= 0.3 is 12.1 Å². The minimum absolute atomic E-state index is 0.0453. The number of hydrogen-bond acceptors (Lipinski definition) is 7. The van der Waals surface area contributed by atoms with E-state index in [1.165, 1.54) is 11.0 Å². The van der Waals surface area contributed by atoms with Gasteiger partial charge < -0.3 is 39.3 Å². The number of urea groups is 2. The number of carbonyl (C=O) groups is 3. The van der Waals surface area contributed by atoms with Crippen molar-refractivity contribution >= 4 is 18.0 Å². The van der Waals surface area contributed by atoms with Gasteiger partial charge in [-0.1, -0.05) is 20.4 Å². The lowest BCUT2D eigenvalue weighted by atomic mass is 9.89. The molecule has 12 nitrogen and oxygen atoms in total. The summed E-state index contributed by atoms with van der Waals surface area (Å²) in [6.07, 6.45) is 4.90. The summed E-state index contributed by atoms with van der Waals surface area (Å²) in [5.74, 6) is -2.67. The minimum atomic E-state index is -2.98. The van der Waals surface area contributed by atoms with E-state index in [4.69, 9.17) is 14.7 Å². The molecule has 1 spiro atoms. The number of hydrogen-bond donors (Lipinski definition) is 1. The molecule has 0 saturated carbocycles. The average Bonchev–Trinajstić information content (AvgIpc) is 3.34. The number of nitriles is 1. The number of carbonyl (C=O) groups excluding carboxylic acids is 3. The number of likely N-dealkylation sites (tertiary alicyclic amines) is 3. The van der Waals surface area contributed by atoms with Gasteiger partial charge in [0.05, 0.1) is 31.3 Å². The third kappa shape index (κ3) is 6.52. The molecule has 1 N–H and O–H groups in total. The summed E-state index contributed by atoms with van der Waals surface area (Å²) in [4.78, 5) is 44.8. The molecule has 14 heteroatoms. The van der Waals surface area contributed by atoms with Crippen LogP contribution in [0.2, 0.25) is 0 Å². The number of methoxy groups -OCH3 is 1. The summed E-state index contributed by atoms with van der Waals surface area (Å²) in [5.41, 5.74) is -1.69. The monoisotopic (exact) mass is 609 g/mol. The largest absolute Gasteiger partial charge is 0.376 e. The van der Waals surface area contributed by atoms with Gasteiger partial charge in [-0.3, -0.25) is 4.79 Å². The molecule has 3 unspecified atom stereocenters. The van der Waals surface area contributed by atoms with Crippen molar-refractivity contribution in [3.05, 3.63) is 12.7 Å². The van der Waals surface area contributed by atoms with E-state index in [0.717, 1.165) is 13.0 Å². The lowest BCUT2D eigenvalue weighted by Crippen LogP contribution is -2.54.